The van der Waals surface area contributed by atoms with Crippen LogP contribution >= 0.6 is 0 Å². The summed E-state index contributed by atoms with van der Waals surface area (Å²) in [5.41, 5.74) is 0.938. The standard InChI is InChI=1S/C37H29N9O13S4/c1-19-17-21(9-13-27(19)43-45-29-15-11-23-25(33(29)62(54,55)56)5-3-7-31(23)60(48,49)50)38-35-40-36(42-37(47)41-35)39-22-10-14-28(20(2)18-22)44-46-30-16-12-24-26(34(30)63(57,58)59)6-4-8-32(24)61(51,52)53/h3-18H,1-2H3,(H,48,49,50)(H,51,52,53)(H,54,55,56)(H,57,58,59)(H3,38,39,40,41,42,47). The summed E-state index contributed by atoms with van der Waals surface area (Å²) in [6.07, 6.45) is 0. The van der Waals surface area contributed by atoms with Gasteiger partial charge in [0.05, 0.1) is 11.4 Å². The molecule has 1 aromatic heterocycles. The number of rotatable bonds is 12. The molecule has 0 aliphatic heterocycles. The lowest BCUT2D eigenvalue weighted by molar-refractivity contribution is 0.481. The monoisotopic (exact) mass is 935 g/mol. The van der Waals surface area contributed by atoms with E-state index in [0.29, 0.717) is 22.5 Å². The van der Waals surface area contributed by atoms with Gasteiger partial charge in [0.25, 0.3) is 40.5 Å². The first-order valence-electron chi connectivity index (χ1n) is 17.6. The topological polar surface area (TPSA) is 350 Å². The van der Waals surface area contributed by atoms with Crippen molar-refractivity contribution in [1.82, 2.24) is 15.0 Å². The fourth-order valence-electron chi connectivity index (χ4n) is 6.40. The number of H-pyrrole nitrogens is 1. The smallest absolute Gasteiger partial charge is 0.326 e. The molecule has 7 N–H and O–H groups in total. The van der Waals surface area contributed by atoms with Crippen LogP contribution in [0.15, 0.2) is 142 Å². The van der Waals surface area contributed by atoms with Crippen LogP contribution < -0.4 is 16.3 Å². The van der Waals surface area contributed by atoms with Crippen molar-refractivity contribution in [2.24, 2.45) is 20.5 Å². The van der Waals surface area contributed by atoms with E-state index in [4.69, 9.17) is 0 Å². The molecule has 6 aromatic carbocycles. The van der Waals surface area contributed by atoms with Crippen molar-refractivity contribution in [2.75, 3.05) is 10.6 Å². The Balaban J connectivity index is 1.09. The molecular weight excluding hydrogens is 907 g/mol. The third-order valence-electron chi connectivity index (χ3n) is 9.07. The van der Waals surface area contributed by atoms with E-state index >= 15 is 0 Å². The quantitative estimate of drug-likeness (QED) is 0.0463. The zero-order chi connectivity index (χ0) is 45.6. The van der Waals surface area contributed by atoms with E-state index in [1.807, 2.05) is 0 Å². The average Bonchev–Trinajstić information content (AvgIpc) is 3.17. The molecule has 63 heavy (non-hydrogen) atoms. The Labute approximate surface area is 356 Å². The van der Waals surface area contributed by atoms with E-state index < -0.39 is 65.7 Å². The first-order valence-corrected chi connectivity index (χ1v) is 23.3. The fraction of sp³-hybridized carbons (Fsp3) is 0.0541. The highest BCUT2D eigenvalue weighted by Gasteiger charge is 2.25. The van der Waals surface area contributed by atoms with E-state index in [-0.39, 0.29) is 56.2 Å². The molecule has 0 bridgehead atoms. The number of anilines is 4. The molecule has 26 heteroatoms. The molecule has 0 fully saturated rings. The number of azo groups is 2. The molecule has 0 atom stereocenters. The molecular formula is C37H29N9O13S4. The number of hydrogen-bond acceptors (Lipinski definition) is 17. The summed E-state index contributed by atoms with van der Waals surface area (Å²) in [6, 6.07) is 21.0. The summed E-state index contributed by atoms with van der Waals surface area (Å²) >= 11 is 0. The van der Waals surface area contributed by atoms with Crippen molar-refractivity contribution in [2.45, 2.75) is 33.4 Å². The molecule has 1 heterocycles. The number of aromatic nitrogens is 3. The molecule has 0 unspecified atom stereocenters. The Morgan fingerprint density at radius 1 is 0.492 bits per heavy atom. The number of nitrogens with one attached hydrogen (secondary N) is 3. The summed E-state index contributed by atoms with van der Waals surface area (Å²) in [6.45, 7) is 3.30. The zero-order valence-corrected chi connectivity index (χ0v) is 35.3. The lowest BCUT2D eigenvalue weighted by Crippen LogP contribution is -2.16. The summed E-state index contributed by atoms with van der Waals surface area (Å²) < 4.78 is 136. The second kappa shape index (κ2) is 16.4. The SMILES string of the molecule is Cc1cc(Nc2nc(Nc3ccc(N=Nc4ccc5c(S(=O)(=O)O)cccc5c4S(=O)(=O)O)c(C)c3)[nH]c(=O)n2)ccc1N=Nc1ccc2c(S(=O)(=O)O)cccc2c1S(=O)(=O)O. The van der Waals surface area contributed by atoms with Crippen molar-refractivity contribution in [3.05, 3.63) is 119 Å². The molecule has 0 radical (unpaired) electrons. The Hall–Kier alpha value is -6.91. The van der Waals surface area contributed by atoms with Gasteiger partial charge >= 0.3 is 5.69 Å². The second-order valence-electron chi connectivity index (χ2n) is 13.4. The van der Waals surface area contributed by atoms with Gasteiger partial charge in [0, 0.05) is 32.9 Å². The van der Waals surface area contributed by atoms with Crippen molar-refractivity contribution in [1.29, 1.82) is 0 Å². The first-order chi connectivity index (χ1) is 29.5. The second-order valence-corrected chi connectivity index (χ2v) is 18.9. The van der Waals surface area contributed by atoms with E-state index in [9.17, 15) is 56.7 Å². The number of benzene rings is 6. The molecule has 0 spiro atoms. The first kappa shape index (κ1) is 44.2. The number of aromatic amines is 1. The summed E-state index contributed by atoms with van der Waals surface area (Å²) in [4.78, 5) is 20.5. The highest BCUT2D eigenvalue weighted by Crippen LogP contribution is 2.38. The molecule has 0 saturated carbocycles. The third kappa shape index (κ3) is 9.61. The van der Waals surface area contributed by atoms with Gasteiger partial charge < -0.3 is 10.6 Å². The van der Waals surface area contributed by atoms with Crippen LogP contribution in [0.3, 0.4) is 0 Å². The minimum Gasteiger partial charge on any atom is -0.326 e. The van der Waals surface area contributed by atoms with Crippen LogP contribution in [-0.4, -0.2) is 66.8 Å². The Kier molecular flexibility index (Phi) is 11.5. The molecule has 0 amide bonds. The van der Waals surface area contributed by atoms with E-state index in [0.717, 1.165) is 24.3 Å². The van der Waals surface area contributed by atoms with Gasteiger partial charge in [0.2, 0.25) is 11.9 Å². The van der Waals surface area contributed by atoms with E-state index in [1.54, 1.807) is 32.0 Å². The Morgan fingerprint density at radius 2 is 0.905 bits per heavy atom. The van der Waals surface area contributed by atoms with E-state index in [1.165, 1.54) is 54.6 Å². The minimum atomic E-state index is -4.98. The maximum atomic E-state index is 12.5. The van der Waals surface area contributed by atoms with Crippen molar-refractivity contribution in [3.8, 4) is 0 Å². The molecule has 324 valence electrons. The van der Waals surface area contributed by atoms with E-state index in [2.05, 4.69) is 46.0 Å². The molecule has 0 aliphatic rings. The minimum absolute atomic E-state index is 0.0274. The number of hydrogen-bond donors (Lipinski definition) is 7. The van der Waals surface area contributed by atoms with Gasteiger partial charge in [-0.05, 0) is 85.6 Å². The van der Waals surface area contributed by atoms with Gasteiger partial charge in [0.15, 0.2) is 0 Å². The highest BCUT2D eigenvalue weighted by atomic mass is 32.2. The molecule has 0 aliphatic carbocycles. The van der Waals surface area contributed by atoms with Gasteiger partial charge in [-0.3, -0.25) is 23.2 Å². The molecule has 0 saturated heterocycles. The largest absolute Gasteiger partial charge is 0.351 e. The average molecular weight is 936 g/mol. The Bertz CT molecular complexity index is 3410. The molecule has 22 nitrogen and oxygen atoms in total. The van der Waals surface area contributed by atoms with Crippen LogP contribution in [0.1, 0.15) is 11.1 Å². The predicted octanol–water partition coefficient (Wildman–Crippen LogP) is 7.39. The maximum Gasteiger partial charge on any atom is 0.351 e. The van der Waals surface area contributed by atoms with Crippen molar-refractivity contribution < 1.29 is 51.9 Å². The fourth-order valence-corrected chi connectivity index (χ4v) is 9.47. The Morgan fingerprint density at radius 3 is 1.32 bits per heavy atom. The van der Waals surface area contributed by atoms with Gasteiger partial charge in [-0.25, -0.2) is 4.79 Å². The van der Waals surface area contributed by atoms with Crippen LogP contribution in [0, 0.1) is 13.8 Å². The van der Waals surface area contributed by atoms with Crippen LogP contribution in [0.2, 0.25) is 0 Å². The number of nitrogens with zero attached hydrogens (tertiary/aromatic N) is 6. The normalized spacial score (nSPS) is 12.7. The summed E-state index contributed by atoms with van der Waals surface area (Å²) in [7, 11) is -19.4. The van der Waals surface area contributed by atoms with Gasteiger partial charge in [0.1, 0.15) is 31.0 Å². The van der Waals surface area contributed by atoms with Crippen LogP contribution in [-0.2, 0) is 40.5 Å². The molecule has 7 rings (SSSR count). The lowest BCUT2D eigenvalue weighted by Gasteiger charge is -2.11. The molecule has 7 aromatic rings. The van der Waals surface area contributed by atoms with Crippen molar-refractivity contribution in [3.63, 3.8) is 0 Å². The number of aryl methyl sites for hydroxylation is 2. The van der Waals surface area contributed by atoms with Crippen LogP contribution in [0.4, 0.5) is 46.0 Å². The van der Waals surface area contributed by atoms with Crippen molar-refractivity contribution >= 4 is 108 Å². The summed E-state index contributed by atoms with van der Waals surface area (Å²) in [5, 5.41) is 21.3. The van der Waals surface area contributed by atoms with Crippen LogP contribution in [0.25, 0.3) is 21.5 Å². The number of fused-ring (bicyclic) bond motifs is 2. The van der Waals surface area contributed by atoms with Gasteiger partial charge in [-0.2, -0.15) is 53.9 Å². The van der Waals surface area contributed by atoms with Crippen LogP contribution in [0.5, 0.6) is 0 Å². The van der Waals surface area contributed by atoms with Gasteiger partial charge in [-0.15, -0.1) is 10.2 Å². The highest BCUT2D eigenvalue weighted by molar-refractivity contribution is 7.87. The summed E-state index contributed by atoms with van der Waals surface area (Å²) in [5.74, 6) is -0.149. The lowest BCUT2D eigenvalue weighted by atomic mass is 10.1. The third-order valence-corrected chi connectivity index (χ3v) is 12.8. The zero-order valence-electron chi connectivity index (χ0n) is 32.0. The maximum absolute atomic E-state index is 12.5. The van der Waals surface area contributed by atoms with Gasteiger partial charge in [-0.1, -0.05) is 36.4 Å². The predicted molar refractivity (Wildman–Crippen MR) is 227 cm³/mol.